The lowest BCUT2D eigenvalue weighted by Crippen LogP contribution is -2.57. The summed E-state index contributed by atoms with van der Waals surface area (Å²) in [6.45, 7) is 2.67. The number of carbonyl (C=O) groups is 2. The Bertz CT molecular complexity index is 1230. The molecule has 3 amide bonds. The number of piperazine rings is 1. The highest BCUT2D eigenvalue weighted by Gasteiger charge is 2.40. The Morgan fingerprint density at radius 2 is 1.68 bits per heavy atom. The van der Waals surface area contributed by atoms with E-state index in [-0.39, 0.29) is 36.7 Å². The van der Waals surface area contributed by atoms with Gasteiger partial charge < -0.3 is 20.0 Å². The molecule has 0 spiro atoms. The monoisotopic (exact) mass is 574 g/mol. The van der Waals surface area contributed by atoms with E-state index < -0.39 is 47.9 Å². The SMILES string of the molecule is Cc1cc(F)ccc1[C@H]1C[C@@H](N2CCNCC2=O)CCN1C(=O)N(C)Cc1cc(C(F)(F)F)cc(C(F)(F)F)c1. The third-order valence-electron chi connectivity index (χ3n) is 7.37. The maximum atomic E-state index is 13.9. The number of hydrogen-bond acceptors (Lipinski definition) is 3. The molecule has 2 aliphatic heterocycles. The number of hydrogen-bond donors (Lipinski definition) is 1. The minimum atomic E-state index is -5.01. The van der Waals surface area contributed by atoms with Crippen molar-refractivity contribution in [3.8, 4) is 0 Å². The van der Waals surface area contributed by atoms with Crippen molar-refractivity contribution in [2.75, 3.05) is 33.2 Å². The largest absolute Gasteiger partial charge is 0.416 e. The van der Waals surface area contributed by atoms with E-state index in [0.29, 0.717) is 49.2 Å². The van der Waals surface area contributed by atoms with Crippen molar-refractivity contribution in [3.05, 3.63) is 70.0 Å². The molecular weight excluding hydrogens is 545 g/mol. The molecule has 2 fully saturated rings. The van der Waals surface area contributed by atoms with E-state index in [1.54, 1.807) is 17.9 Å². The summed E-state index contributed by atoms with van der Waals surface area (Å²) in [5.41, 5.74) is -2.02. The van der Waals surface area contributed by atoms with E-state index in [0.717, 1.165) is 4.90 Å². The molecule has 40 heavy (non-hydrogen) atoms. The van der Waals surface area contributed by atoms with Crippen LogP contribution in [0.3, 0.4) is 0 Å². The number of carbonyl (C=O) groups excluding carboxylic acids is 2. The first-order valence-corrected chi connectivity index (χ1v) is 12.7. The number of aryl methyl sites for hydroxylation is 1. The van der Waals surface area contributed by atoms with Crippen LogP contribution in [0, 0.1) is 12.7 Å². The predicted molar refractivity (Wildman–Crippen MR) is 131 cm³/mol. The number of nitrogens with zero attached hydrogens (tertiary/aromatic N) is 3. The van der Waals surface area contributed by atoms with Crippen LogP contribution in [0.15, 0.2) is 36.4 Å². The van der Waals surface area contributed by atoms with Gasteiger partial charge in [-0.1, -0.05) is 6.07 Å². The Morgan fingerprint density at radius 1 is 1.02 bits per heavy atom. The van der Waals surface area contributed by atoms with E-state index in [9.17, 15) is 40.3 Å². The lowest BCUT2D eigenvalue weighted by molar-refractivity contribution is -0.143. The summed E-state index contributed by atoms with van der Waals surface area (Å²) in [7, 11) is 1.30. The summed E-state index contributed by atoms with van der Waals surface area (Å²) in [4.78, 5) is 30.5. The van der Waals surface area contributed by atoms with Gasteiger partial charge in [0.15, 0.2) is 0 Å². The van der Waals surface area contributed by atoms with Gasteiger partial charge in [0.2, 0.25) is 5.91 Å². The second kappa shape index (κ2) is 11.3. The zero-order valence-electron chi connectivity index (χ0n) is 21.9. The van der Waals surface area contributed by atoms with Crippen LogP contribution in [0.25, 0.3) is 0 Å². The fraction of sp³-hybridized carbons (Fsp3) is 0.481. The molecule has 218 valence electrons. The minimum Gasteiger partial charge on any atom is -0.337 e. The lowest BCUT2D eigenvalue weighted by Gasteiger charge is -2.46. The summed E-state index contributed by atoms with van der Waals surface area (Å²) in [5, 5.41) is 3.01. The van der Waals surface area contributed by atoms with Crippen LogP contribution in [0.5, 0.6) is 0 Å². The maximum Gasteiger partial charge on any atom is 0.416 e. The Kier molecular flexibility index (Phi) is 8.34. The number of urea groups is 1. The average molecular weight is 575 g/mol. The molecule has 0 bridgehead atoms. The number of nitrogens with one attached hydrogen (secondary N) is 1. The molecule has 0 aliphatic carbocycles. The zero-order chi connectivity index (χ0) is 29.4. The van der Waals surface area contributed by atoms with Crippen LogP contribution in [-0.4, -0.2) is 65.9 Å². The van der Waals surface area contributed by atoms with Crippen LogP contribution in [-0.2, 0) is 23.7 Å². The summed E-state index contributed by atoms with van der Waals surface area (Å²) >= 11 is 0. The van der Waals surface area contributed by atoms with Crippen molar-refractivity contribution in [2.24, 2.45) is 0 Å². The molecule has 2 aliphatic rings. The topological polar surface area (TPSA) is 55.9 Å². The third-order valence-corrected chi connectivity index (χ3v) is 7.37. The molecule has 0 saturated carbocycles. The van der Waals surface area contributed by atoms with Crippen LogP contribution in [0.4, 0.5) is 35.5 Å². The van der Waals surface area contributed by atoms with Gasteiger partial charge in [-0.15, -0.1) is 0 Å². The van der Waals surface area contributed by atoms with Crippen molar-refractivity contribution < 1.29 is 40.3 Å². The molecule has 2 saturated heterocycles. The molecule has 2 aromatic carbocycles. The Balaban J connectivity index is 1.62. The number of likely N-dealkylation sites (tertiary alicyclic amines) is 1. The number of rotatable bonds is 4. The number of amides is 3. The first-order chi connectivity index (χ1) is 18.6. The molecule has 0 aromatic heterocycles. The summed E-state index contributed by atoms with van der Waals surface area (Å²) in [6, 6.07) is 3.98. The van der Waals surface area contributed by atoms with Gasteiger partial charge in [-0.3, -0.25) is 4.79 Å². The standard InChI is InChI=1S/C27H29F7N4O2/c1-16-9-20(28)3-4-22(16)23-13-21(37-8-6-35-14-24(37)39)5-7-38(23)25(40)36(2)15-17-10-18(26(29,30)31)12-19(11-17)27(32,33)34/h3-4,9-12,21,23,35H,5-8,13-15H2,1-2H3/t21-,23+/m0/s1. The maximum absolute atomic E-state index is 13.9. The van der Waals surface area contributed by atoms with Gasteiger partial charge in [-0.2, -0.15) is 26.3 Å². The van der Waals surface area contributed by atoms with Crippen molar-refractivity contribution in [1.82, 2.24) is 20.0 Å². The summed E-state index contributed by atoms with van der Waals surface area (Å²) in [6.07, 6.45) is -9.23. The van der Waals surface area contributed by atoms with E-state index in [1.807, 2.05) is 0 Å². The molecule has 2 atom stereocenters. The third kappa shape index (κ3) is 6.51. The first kappa shape index (κ1) is 29.6. The van der Waals surface area contributed by atoms with Crippen molar-refractivity contribution in [2.45, 2.75) is 50.7 Å². The number of benzene rings is 2. The van der Waals surface area contributed by atoms with Crippen LogP contribution in [0.2, 0.25) is 0 Å². The molecule has 2 heterocycles. The Morgan fingerprint density at radius 3 is 2.25 bits per heavy atom. The Labute approximate surface area is 226 Å². The molecule has 0 radical (unpaired) electrons. The van der Waals surface area contributed by atoms with E-state index in [1.165, 1.54) is 24.1 Å². The quantitative estimate of drug-likeness (QED) is 0.501. The second-order valence-corrected chi connectivity index (χ2v) is 10.2. The van der Waals surface area contributed by atoms with Crippen LogP contribution < -0.4 is 5.32 Å². The van der Waals surface area contributed by atoms with Crippen molar-refractivity contribution >= 4 is 11.9 Å². The van der Waals surface area contributed by atoms with E-state index >= 15 is 0 Å². The zero-order valence-corrected chi connectivity index (χ0v) is 21.9. The molecule has 0 unspecified atom stereocenters. The lowest BCUT2D eigenvalue weighted by atomic mass is 9.88. The molecule has 4 rings (SSSR count). The van der Waals surface area contributed by atoms with Crippen molar-refractivity contribution in [3.63, 3.8) is 0 Å². The normalized spacial score (nSPS) is 20.6. The van der Waals surface area contributed by atoms with Gasteiger partial charge in [0.1, 0.15) is 5.82 Å². The van der Waals surface area contributed by atoms with Crippen LogP contribution >= 0.6 is 0 Å². The van der Waals surface area contributed by atoms with Crippen molar-refractivity contribution in [1.29, 1.82) is 0 Å². The predicted octanol–water partition coefficient (Wildman–Crippen LogP) is 5.36. The van der Waals surface area contributed by atoms with Crippen LogP contribution in [0.1, 0.15) is 46.7 Å². The number of piperidine rings is 1. The van der Waals surface area contributed by atoms with E-state index in [4.69, 9.17) is 0 Å². The summed E-state index contributed by atoms with van der Waals surface area (Å²) in [5.74, 6) is -0.543. The van der Waals surface area contributed by atoms with Gasteiger partial charge in [0.05, 0.1) is 23.7 Å². The highest BCUT2D eigenvalue weighted by atomic mass is 19.4. The number of halogens is 7. The fourth-order valence-electron chi connectivity index (χ4n) is 5.45. The van der Waals surface area contributed by atoms with Gasteiger partial charge in [0, 0.05) is 39.3 Å². The van der Waals surface area contributed by atoms with Gasteiger partial charge in [-0.05, 0) is 66.8 Å². The highest BCUT2D eigenvalue weighted by Crippen LogP contribution is 2.38. The first-order valence-electron chi connectivity index (χ1n) is 12.7. The van der Waals surface area contributed by atoms with Gasteiger partial charge in [0.25, 0.3) is 0 Å². The molecule has 1 N–H and O–H groups in total. The fourth-order valence-corrected chi connectivity index (χ4v) is 5.45. The minimum absolute atomic E-state index is 0.0425. The molecule has 2 aromatic rings. The molecule has 13 heteroatoms. The molecule has 6 nitrogen and oxygen atoms in total. The van der Waals surface area contributed by atoms with Gasteiger partial charge in [-0.25, -0.2) is 9.18 Å². The second-order valence-electron chi connectivity index (χ2n) is 10.2. The number of alkyl halides is 6. The van der Waals surface area contributed by atoms with Gasteiger partial charge >= 0.3 is 18.4 Å². The highest BCUT2D eigenvalue weighted by molar-refractivity contribution is 5.79. The summed E-state index contributed by atoms with van der Waals surface area (Å²) < 4.78 is 93.9. The van der Waals surface area contributed by atoms with E-state index in [2.05, 4.69) is 5.32 Å². The Hall–Kier alpha value is -3.35. The average Bonchev–Trinajstić information content (AvgIpc) is 2.87. The smallest absolute Gasteiger partial charge is 0.337 e. The molecular formula is C27H29F7N4O2.